The molecule has 0 unspecified atom stereocenters. The van der Waals surface area contributed by atoms with E-state index in [4.69, 9.17) is 0 Å². The Bertz CT molecular complexity index is 773. The Labute approximate surface area is 122 Å². The molecular weight excluding hydrogens is 326 g/mol. The maximum absolute atomic E-state index is 13.7. The third-order valence-electron chi connectivity index (χ3n) is 2.89. The van der Waals surface area contributed by atoms with Gasteiger partial charge in [-0.3, -0.25) is 4.98 Å². The quantitative estimate of drug-likeness (QED) is 0.711. The summed E-state index contributed by atoms with van der Waals surface area (Å²) in [5, 5.41) is 3.54. The minimum Gasteiger partial charge on any atom is -0.355 e. The summed E-state index contributed by atoms with van der Waals surface area (Å²) in [6.45, 7) is 0. The second kappa shape index (κ2) is 5.17. The van der Waals surface area contributed by atoms with Gasteiger partial charge in [-0.1, -0.05) is 15.9 Å². The van der Waals surface area contributed by atoms with E-state index >= 15 is 0 Å². The molecule has 0 atom stereocenters. The van der Waals surface area contributed by atoms with E-state index < -0.39 is 11.6 Å². The number of hydrogen-bond donors (Lipinski definition) is 1. The van der Waals surface area contributed by atoms with Gasteiger partial charge in [-0.2, -0.15) is 0 Å². The number of nitrogens with one attached hydrogen (secondary N) is 1. The molecule has 3 rings (SSSR count). The lowest BCUT2D eigenvalue weighted by molar-refractivity contribution is 0.590. The van der Waals surface area contributed by atoms with E-state index in [0.717, 1.165) is 16.2 Å². The summed E-state index contributed by atoms with van der Waals surface area (Å²) >= 11 is 3.35. The molecule has 0 fully saturated rings. The lowest BCUT2D eigenvalue weighted by Crippen LogP contribution is -1.94. The van der Waals surface area contributed by atoms with Crippen LogP contribution in [-0.4, -0.2) is 4.98 Å². The number of nitrogens with zero attached hydrogens (tertiary/aromatic N) is 1. The van der Waals surface area contributed by atoms with Gasteiger partial charge in [0.2, 0.25) is 0 Å². The van der Waals surface area contributed by atoms with Gasteiger partial charge in [0.1, 0.15) is 11.3 Å². The number of aromatic nitrogens is 1. The number of hydrogen-bond acceptors (Lipinski definition) is 2. The van der Waals surface area contributed by atoms with E-state index in [1.165, 1.54) is 12.3 Å². The first-order valence-electron chi connectivity index (χ1n) is 5.90. The largest absolute Gasteiger partial charge is 0.355 e. The van der Waals surface area contributed by atoms with Crippen LogP contribution in [0.3, 0.4) is 0 Å². The standard InChI is InChI=1S/C15H9BrF2N2/c16-9-1-3-11(4-2-9)20-14-5-6-19-15-12(14)7-10(17)8-13(15)18/h1-8H,(H,19,20). The maximum atomic E-state index is 13.7. The molecule has 1 N–H and O–H groups in total. The van der Waals surface area contributed by atoms with Gasteiger partial charge in [-0.25, -0.2) is 8.78 Å². The van der Waals surface area contributed by atoms with Crippen LogP contribution in [0.5, 0.6) is 0 Å². The van der Waals surface area contributed by atoms with E-state index in [1.807, 2.05) is 24.3 Å². The number of anilines is 2. The fourth-order valence-corrected chi connectivity index (χ4v) is 2.24. The average molecular weight is 335 g/mol. The van der Waals surface area contributed by atoms with E-state index in [0.29, 0.717) is 11.1 Å². The van der Waals surface area contributed by atoms with Crippen LogP contribution in [0.4, 0.5) is 20.2 Å². The fraction of sp³-hybridized carbons (Fsp3) is 0. The van der Waals surface area contributed by atoms with Gasteiger partial charge in [-0.15, -0.1) is 0 Å². The van der Waals surface area contributed by atoms with Crippen LogP contribution in [-0.2, 0) is 0 Å². The monoisotopic (exact) mass is 334 g/mol. The zero-order chi connectivity index (χ0) is 14.1. The topological polar surface area (TPSA) is 24.9 Å². The molecule has 0 saturated heterocycles. The van der Waals surface area contributed by atoms with Crippen LogP contribution in [0, 0.1) is 11.6 Å². The minimum absolute atomic E-state index is 0.147. The van der Waals surface area contributed by atoms with Crippen LogP contribution in [0.25, 0.3) is 10.9 Å². The van der Waals surface area contributed by atoms with Crippen molar-refractivity contribution in [2.24, 2.45) is 0 Å². The average Bonchev–Trinajstić information content (AvgIpc) is 2.42. The van der Waals surface area contributed by atoms with E-state index in [-0.39, 0.29) is 5.52 Å². The third kappa shape index (κ3) is 2.49. The Balaban J connectivity index is 2.09. The second-order valence-corrected chi connectivity index (χ2v) is 5.19. The summed E-state index contributed by atoms with van der Waals surface area (Å²) < 4.78 is 28.0. The van der Waals surface area contributed by atoms with Gasteiger partial charge < -0.3 is 5.32 Å². The molecule has 3 aromatic rings. The van der Waals surface area contributed by atoms with Crippen LogP contribution in [0.1, 0.15) is 0 Å². The number of benzene rings is 2. The van der Waals surface area contributed by atoms with Crippen LogP contribution in [0.2, 0.25) is 0 Å². The molecule has 0 aliphatic rings. The van der Waals surface area contributed by atoms with Crippen molar-refractivity contribution >= 4 is 38.2 Å². The molecule has 2 aromatic carbocycles. The highest BCUT2D eigenvalue weighted by molar-refractivity contribution is 9.10. The van der Waals surface area contributed by atoms with Crippen molar-refractivity contribution in [2.45, 2.75) is 0 Å². The molecule has 0 saturated carbocycles. The van der Waals surface area contributed by atoms with Crippen molar-refractivity contribution in [3.63, 3.8) is 0 Å². The smallest absolute Gasteiger partial charge is 0.152 e. The Morgan fingerprint density at radius 3 is 2.50 bits per heavy atom. The van der Waals surface area contributed by atoms with Gasteiger partial charge in [0, 0.05) is 33.5 Å². The zero-order valence-corrected chi connectivity index (χ0v) is 11.8. The fourth-order valence-electron chi connectivity index (χ4n) is 1.98. The number of fused-ring (bicyclic) bond motifs is 1. The van der Waals surface area contributed by atoms with Crippen molar-refractivity contribution in [3.8, 4) is 0 Å². The van der Waals surface area contributed by atoms with Gasteiger partial charge in [0.15, 0.2) is 5.82 Å². The Hall–Kier alpha value is -2.01. The van der Waals surface area contributed by atoms with E-state index in [2.05, 4.69) is 26.2 Å². The number of pyridine rings is 1. The summed E-state index contributed by atoms with van der Waals surface area (Å²) in [5.41, 5.74) is 1.58. The summed E-state index contributed by atoms with van der Waals surface area (Å²) in [4.78, 5) is 3.95. The van der Waals surface area contributed by atoms with Gasteiger partial charge >= 0.3 is 0 Å². The molecule has 0 spiro atoms. The van der Waals surface area contributed by atoms with Crippen LogP contribution >= 0.6 is 15.9 Å². The molecule has 0 bridgehead atoms. The van der Waals surface area contributed by atoms with E-state index in [9.17, 15) is 8.78 Å². The highest BCUT2D eigenvalue weighted by Crippen LogP contribution is 2.28. The van der Waals surface area contributed by atoms with E-state index in [1.54, 1.807) is 6.07 Å². The predicted molar refractivity (Wildman–Crippen MR) is 79.1 cm³/mol. The number of halogens is 3. The van der Waals surface area contributed by atoms with Gasteiger partial charge in [-0.05, 0) is 36.4 Å². The molecule has 1 aromatic heterocycles. The molecule has 1 heterocycles. The molecule has 100 valence electrons. The SMILES string of the molecule is Fc1cc(F)c2nccc(Nc3ccc(Br)cc3)c2c1. The summed E-state index contributed by atoms with van der Waals surface area (Å²) in [6.07, 6.45) is 1.49. The van der Waals surface area contributed by atoms with Gasteiger partial charge in [0.05, 0.1) is 0 Å². The second-order valence-electron chi connectivity index (χ2n) is 4.27. The third-order valence-corrected chi connectivity index (χ3v) is 3.42. The first kappa shape index (κ1) is 13.0. The lowest BCUT2D eigenvalue weighted by atomic mass is 10.1. The Kier molecular flexibility index (Phi) is 3.36. The Morgan fingerprint density at radius 1 is 1.00 bits per heavy atom. The van der Waals surface area contributed by atoms with Crippen LogP contribution in [0.15, 0.2) is 53.1 Å². The first-order valence-corrected chi connectivity index (χ1v) is 6.69. The van der Waals surface area contributed by atoms with Crippen molar-refractivity contribution in [1.82, 2.24) is 4.98 Å². The molecule has 0 aliphatic heterocycles. The van der Waals surface area contributed by atoms with Crippen molar-refractivity contribution in [1.29, 1.82) is 0 Å². The Morgan fingerprint density at radius 2 is 1.75 bits per heavy atom. The highest BCUT2D eigenvalue weighted by Gasteiger charge is 2.09. The first-order chi connectivity index (χ1) is 9.63. The summed E-state index contributed by atoms with van der Waals surface area (Å²) in [6, 6.07) is 11.3. The van der Waals surface area contributed by atoms with Gasteiger partial charge in [0.25, 0.3) is 0 Å². The van der Waals surface area contributed by atoms with Crippen LogP contribution < -0.4 is 5.32 Å². The summed E-state index contributed by atoms with van der Waals surface area (Å²) in [7, 11) is 0. The number of rotatable bonds is 2. The van der Waals surface area contributed by atoms with Crippen molar-refractivity contribution < 1.29 is 8.78 Å². The molecule has 0 radical (unpaired) electrons. The molecule has 5 heteroatoms. The highest BCUT2D eigenvalue weighted by atomic mass is 79.9. The van der Waals surface area contributed by atoms with Crippen molar-refractivity contribution in [3.05, 3.63) is 64.8 Å². The zero-order valence-electron chi connectivity index (χ0n) is 10.2. The molecule has 0 amide bonds. The molecule has 20 heavy (non-hydrogen) atoms. The molecular formula is C15H9BrF2N2. The van der Waals surface area contributed by atoms with Crippen molar-refractivity contribution in [2.75, 3.05) is 5.32 Å². The lowest BCUT2D eigenvalue weighted by Gasteiger charge is -2.10. The predicted octanol–water partition coefficient (Wildman–Crippen LogP) is 5.02. The normalized spacial score (nSPS) is 10.8. The summed E-state index contributed by atoms with van der Waals surface area (Å²) in [5.74, 6) is -1.29. The minimum atomic E-state index is -0.667. The molecule has 0 aliphatic carbocycles. The maximum Gasteiger partial charge on any atom is 0.152 e. The molecule has 2 nitrogen and oxygen atoms in total.